The van der Waals surface area contributed by atoms with Crippen LogP contribution in [0.2, 0.25) is 0 Å². The van der Waals surface area contributed by atoms with E-state index in [1.54, 1.807) is 0 Å². The van der Waals surface area contributed by atoms with Crippen molar-refractivity contribution >= 4 is 32.6 Å². The van der Waals surface area contributed by atoms with Gasteiger partial charge in [-0.1, -0.05) is 30.7 Å². The zero-order valence-corrected chi connectivity index (χ0v) is 12.1. The number of aromatic nitrogens is 1. The smallest absolute Gasteiger partial charge is 0.230 e. The van der Waals surface area contributed by atoms with E-state index in [-0.39, 0.29) is 11.8 Å². The van der Waals surface area contributed by atoms with Gasteiger partial charge in [0.2, 0.25) is 5.91 Å². The van der Waals surface area contributed by atoms with Crippen LogP contribution in [0, 0.1) is 12.8 Å². The third kappa shape index (κ3) is 3.30. The van der Waals surface area contributed by atoms with E-state index in [0.29, 0.717) is 11.7 Å². The molecule has 2 aromatic rings. The zero-order chi connectivity index (χ0) is 13.8. The number of thiazole rings is 1. The van der Waals surface area contributed by atoms with Gasteiger partial charge in [0.25, 0.3) is 0 Å². The van der Waals surface area contributed by atoms with Crippen LogP contribution >= 0.6 is 11.3 Å². The average molecular weight is 277 g/mol. The van der Waals surface area contributed by atoms with E-state index in [2.05, 4.69) is 23.3 Å². The number of nitrogens with two attached hydrogens (primary N) is 1. The second-order valence-corrected chi connectivity index (χ2v) is 5.73. The number of carbonyl (C=O) groups excluding carboxylic acids is 1. The lowest BCUT2D eigenvalue weighted by Gasteiger charge is -2.11. The van der Waals surface area contributed by atoms with Crippen LogP contribution in [0.3, 0.4) is 0 Å². The molecule has 0 fully saturated rings. The van der Waals surface area contributed by atoms with Crippen molar-refractivity contribution in [2.24, 2.45) is 11.7 Å². The Morgan fingerprint density at radius 2 is 2.32 bits per heavy atom. The number of benzene rings is 1. The Bertz CT molecular complexity index is 579. The van der Waals surface area contributed by atoms with Gasteiger partial charge in [0.15, 0.2) is 5.13 Å². The molecular weight excluding hydrogens is 258 g/mol. The summed E-state index contributed by atoms with van der Waals surface area (Å²) in [5.41, 5.74) is 7.75. The zero-order valence-electron chi connectivity index (χ0n) is 11.3. The van der Waals surface area contributed by atoms with Crippen molar-refractivity contribution in [2.45, 2.75) is 26.7 Å². The number of nitrogens with zero attached hydrogens (tertiary/aromatic N) is 1. The molecule has 1 aromatic carbocycles. The molecule has 0 saturated carbocycles. The molecular formula is C14H19N3OS. The van der Waals surface area contributed by atoms with Crippen LogP contribution in [0.4, 0.5) is 5.13 Å². The molecule has 0 aliphatic rings. The molecule has 2 rings (SSSR count). The number of amides is 1. The number of hydrogen-bond acceptors (Lipinski definition) is 4. The predicted octanol–water partition coefficient (Wildman–Crippen LogP) is 2.92. The van der Waals surface area contributed by atoms with E-state index in [0.717, 1.165) is 23.1 Å². The number of fused-ring (bicyclic) bond motifs is 1. The number of aryl methyl sites for hydroxylation is 1. The van der Waals surface area contributed by atoms with E-state index in [9.17, 15) is 4.79 Å². The Morgan fingerprint density at radius 1 is 1.53 bits per heavy atom. The van der Waals surface area contributed by atoms with E-state index >= 15 is 0 Å². The highest BCUT2D eigenvalue weighted by atomic mass is 32.1. The minimum Gasteiger partial charge on any atom is -0.330 e. The van der Waals surface area contributed by atoms with E-state index in [4.69, 9.17) is 5.73 Å². The van der Waals surface area contributed by atoms with Crippen molar-refractivity contribution < 1.29 is 4.79 Å². The first-order chi connectivity index (χ1) is 9.13. The summed E-state index contributed by atoms with van der Waals surface area (Å²) in [6.07, 6.45) is 1.76. The summed E-state index contributed by atoms with van der Waals surface area (Å²) in [4.78, 5) is 16.5. The van der Waals surface area contributed by atoms with Crippen LogP contribution in [0.1, 0.15) is 25.3 Å². The van der Waals surface area contributed by atoms with Gasteiger partial charge in [-0.2, -0.15) is 0 Å². The van der Waals surface area contributed by atoms with Crippen LogP contribution < -0.4 is 11.1 Å². The molecule has 0 aliphatic heterocycles. The van der Waals surface area contributed by atoms with Crippen molar-refractivity contribution in [1.29, 1.82) is 0 Å². The number of hydrogen-bond donors (Lipinski definition) is 2. The molecule has 1 unspecified atom stereocenters. The highest BCUT2D eigenvalue weighted by Crippen LogP contribution is 2.27. The van der Waals surface area contributed by atoms with Crippen LogP contribution in [0.15, 0.2) is 18.2 Å². The SMILES string of the molecule is CCCC(CN)C(=O)Nc1nc2ccc(C)cc2s1. The van der Waals surface area contributed by atoms with Crippen LogP contribution in [-0.4, -0.2) is 17.4 Å². The average Bonchev–Trinajstić information content (AvgIpc) is 2.76. The molecule has 0 saturated heterocycles. The van der Waals surface area contributed by atoms with Crippen molar-refractivity contribution in [2.75, 3.05) is 11.9 Å². The second kappa shape index (κ2) is 6.12. The molecule has 1 atom stereocenters. The topological polar surface area (TPSA) is 68.0 Å². The number of carbonyl (C=O) groups is 1. The molecule has 0 radical (unpaired) electrons. The van der Waals surface area contributed by atoms with Gasteiger partial charge >= 0.3 is 0 Å². The normalized spacial score (nSPS) is 12.6. The summed E-state index contributed by atoms with van der Waals surface area (Å²) in [6, 6.07) is 6.08. The fourth-order valence-corrected chi connectivity index (χ4v) is 2.96. The quantitative estimate of drug-likeness (QED) is 0.883. The molecule has 4 nitrogen and oxygen atoms in total. The molecule has 0 bridgehead atoms. The van der Waals surface area contributed by atoms with Crippen molar-refractivity contribution in [3.05, 3.63) is 23.8 Å². The Kier molecular flexibility index (Phi) is 4.50. The van der Waals surface area contributed by atoms with Gasteiger partial charge in [-0.3, -0.25) is 4.79 Å². The summed E-state index contributed by atoms with van der Waals surface area (Å²) in [7, 11) is 0. The van der Waals surface area contributed by atoms with Crippen molar-refractivity contribution in [3.63, 3.8) is 0 Å². The van der Waals surface area contributed by atoms with Crippen LogP contribution in [0.5, 0.6) is 0 Å². The second-order valence-electron chi connectivity index (χ2n) is 4.70. The first-order valence-electron chi connectivity index (χ1n) is 6.52. The van der Waals surface area contributed by atoms with E-state index in [1.807, 2.05) is 19.1 Å². The predicted molar refractivity (Wildman–Crippen MR) is 80.4 cm³/mol. The van der Waals surface area contributed by atoms with Crippen molar-refractivity contribution in [1.82, 2.24) is 4.98 Å². The highest BCUT2D eigenvalue weighted by molar-refractivity contribution is 7.22. The maximum Gasteiger partial charge on any atom is 0.230 e. The summed E-state index contributed by atoms with van der Waals surface area (Å²) in [5.74, 6) is -0.154. The first kappa shape index (κ1) is 14.0. The largest absolute Gasteiger partial charge is 0.330 e. The maximum atomic E-state index is 12.1. The summed E-state index contributed by atoms with van der Waals surface area (Å²) >= 11 is 1.50. The fraction of sp³-hybridized carbons (Fsp3) is 0.429. The molecule has 0 aliphatic carbocycles. The molecule has 19 heavy (non-hydrogen) atoms. The monoisotopic (exact) mass is 277 g/mol. The summed E-state index contributed by atoms with van der Waals surface area (Å²) in [5, 5.41) is 3.53. The third-order valence-electron chi connectivity index (χ3n) is 3.07. The van der Waals surface area contributed by atoms with Gasteiger partial charge in [-0.25, -0.2) is 4.98 Å². The molecule has 102 valence electrons. The molecule has 1 heterocycles. The molecule has 5 heteroatoms. The van der Waals surface area contributed by atoms with Gasteiger partial charge in [-0.15, -0.1) is 0 Å². The Labute approximate surface area is 117 Å². The maximum absolute atomic E-state index is 12.1. The molecule has 1 aromatic heterocycles. The summed E-state index contributed by atoms with van der Waals surface area (Å²) in [6.45, 7) is 4.48. The first-order valence-corrected chi connectivity index (χ1v) is 7.33. The van der Waals surface area contributed by atoms with Crippen LogP contribution in [-0.2, 0) is 4.79 Å². The highest BCUT2D eigenvalue weighted by Gasteiger charge is 2.17. The van der Waals surface area contributed by atoms with Gasteiger partial charge < -0.3 is 11.1 Å². The standard InChI is InChI=1S/C14H19N3OS/c1-3-4-10(8-15)13(18)17-14-16-11-6-5-9(2)7-12(11)19-14/h5-7,10H,3-4,8,15H2,1-2H3,(H,16,17,18). The third-order valence-corrected chi connectivity index (χ3v) is 4.00. The minimum atomic E-state index is -0.126. The van der Waals surface area contributed by atoms with Gasteiger partial charge in [-0.05, 0) is 31.0 Å². The lowest BCUT2D eigenvalue weighted by atomic mass is 10.0. The van der Waals surface area contributed by atoms with Gasteiger partial charge in [0.05, 0.1) is 16.1 Å². The number of rotatable bonds is 5. The van der Waals surface area contributed by atoms with Gasteiger partial charge in [0, 0.05) is 6.54 Å². The minimum absolute atomic E-state index is 0.0277. The fourth-order valence-electron chi connectivity index (χ4n) is 2.00. The summed E-state index contributed by atoms with van der Waals surface area (Å²) < 4.78 is 1.09. The van der Waals surface area contributed by atoms with Gasteiger partial charge in [0.1, 0.15) is 0 Å². The Balaban J connectivity index is 2.14. The molecule has 0 spiro atoms. The number of anilines is 1. The van der Waals surface area contributed by atoms with E-state index in [1.165, 1.54) is 16.9 Å². The van der Waals surface area contributed by atoms with E-state index < -0.39 is 0 Å². The molecule has 1 amide bonds. The van der Waals surface area contributed by atoms with Crippen molar-refractivity contribution in [3.8, 4) is 0 Å². The van der Waals surface area contributed by atoms with Crippen LogP contribution in [0.25, 0.3) is 10.2 Å². The Morgan fingerprint density at radius 3 is 3.00 bits per heavy atom. The lowest BCUT2D eigenvalue weighted by Crippen LogP contribution is -2.29. The molecule has 3 N–H and O–H groups in total. The lowest BCUT2D eigenvalue weighted by molar-refractivity contribution is -0.119. The Hall–Kier alpha value is -1.46. The number of nitrogens with one attached hydrogen (secondary N) is 1.